The number of nitrogens with one attached hydrogen (secondary N) is 1. The van der Waals surface area contributed by atoms with Gasteiger partial charge in [-0.2, -0.15) is 0 Å². The lowest BCUT2D eigenvalue weighted by Gasteiger charge is -2.12. The zero-order valence-electron chi connectivity index (χ0n) is 8.66. The topological polar surface area (TPSA) is 48.4 Å². The van der Waals surface area contributed by atoms with Crippen LogP contribution in [0, 0.1) is 0 Å². The Bertz CT molecular complexity index is 264. The molecule has 2 N–H and O–H groups in total. The molecule has 1 rings (SSSR count). The molecule has 0 saturated heterocycles. The number of hydrogen-bond acceptors (Lipinski definition) is 5. The normalized spacial score (nSPS) is 10.9. The fourth-order valence-corrected chi connectivity index (χ4v) is 2.09. The SMILES string of the molecule is CCNc1ncc(CN(C)CCO)s1. The second kappa shape index (κ2) is 5.95. The lowest BCUT2D eigenvalue weighted by molar-refractivity contribution is 0.218. The monoisotopic (exact) mass is 215 g/mol. The van der Waals surface area contributed by atoms with Gasteiger partial charge in [0.2, 0.25) is 0 Å². The number of hydrogen-bond donors (Lipinski definition) is 2. The maximum Gasteiger partial charge on any atom is 0.182 e. The van der Waals surface area contributed by atoms with E-state index in [1.807, 2.05) is 13.2 Å². The highest BCUT2D eigenvalue weighted by Crippen LogP contribution is 2.18. The first kappa shape index (κ1) is 11.4. The van der Waals surface area contributed by atoms with Crippen molar-refractivity contribution in [3.63, 3.8) is 0 Å². The molecule has 0 aliphatic heterocycles. The third kappa shape index (κ3) is 3.61. The average molecular weight is 215 g/mol. The highest BCUT2D eigenvalue weighted by atomic mass is 32.1. The lowest BCUT2D eigenvalue weighted by atomic mass is 10.5. The first-order chi connectivity index (χ1) is 6.76. The molecule has 14 heavy (non-hydrogen) atoms. The van der Waals surface area contributed by atoms with Crippen LogP contribution in [0.5, 0.6) is 0 Å². The minimum Gasteiger partial charge on any atom is -0.395 e. The van der Waals surface area contributed by atoms with Crippen LogP contribution in [-0.4, -0.2) is 41.7 Å². The van der Waals surface area contributed by atoms with E-state index in [9.17, 15) is 0 Å². The van der Waals surface area contributed by atoms with Crippen molar-refractivity contribution in [3.8, 4) is 0 Å². The van der Waals surface area contributed by atoms with Crippen LogP contribution in [0.1, 0.15) is 11.8 Å². The summed E-state index contributed by atoms with van der Waals surface area (Å²) >= 11 is 1.67. The van der Waals surface area contributed by atoms with Crippen molar-refractivity contribution in [2.75, 3.05) is 32.1 Å². The number of aliphatic hydroxyl groups excluding tert-OH is 1. The summed E-state index contributed by atoms with van der Waals surface area (Å²) in [6.07, 6.45) is 1.89. The molecule has 1 aromatic heterocycles. The van der Waals surface area contributed by atoms with Crippen molar-refractivity contribution in [2.24, 2.45) is 0 Å². The van der Waals surface area contributed by atoms with Crippen molar-refractivity contribution in [1.82, 2.24) is 9.88 Å². The molecule has 1 heterocycles. The van der Waals surface area contributed by atoms with Gasteiger partial charge in [0.1, 0.15) is 0 Å². The van der Waals surface area contributed by atoms with Gasteiger partial charge in [-0.1, -0.05) is 0 Å². The van der Waals surface area contributed by atoms with Crippen LogP contribution in [-0.2, 0) is 6.54 Å². The molecule has 0 unspecified atom stereocenters. The molecule has 5 heteroatoms. The van der Waals surface area contributed by atoms with E-state index in [-0.39, 0.29) is 6.61 Å². The summed E-state index contributed by atoms with van der Waals surface area (Å²) in [5.74, 6) is 0. The third-order valence-electron chi connectivity index (χ3n) is 1.79. The van der Waals surface area contributed by atoms with Crippen LogP contribution < -0.4 is 5.32 Å². The Kier molecular flexibility index (Phi) is 4.86. The Hall–Kier alpha value is -0.650. The van der Waals surface area contributed by atoms with Gasteiger partial charge < -0.3 is 10.4 Å². The lowest BCUT2D eigenvalue weighted by Crippen LogP contribution is -2.20. The Morgan fingerprint density at radius 1 is 1.64 bits per heavy atom. The molecule has 80 valence electrons. The Morgan fingerprint density at radius 3 is 3.07 bits per heavy atom. The van der Waals surface area contributed by atoms with Crippen molar-refractivity contribution in [2.45, 2.75) is 13.5 Å². The quantitative estimate of drug-likeness (QED) is 0.743. The van der Waals surface area contributed by atoms with Gasteiger partial charge in [-0.05, 0) is 14.0 Å². The van der Waals surface area contributed by atoms with Crippen LogP contribution >= 0.6 is 11.3 Å². The maximum atomic E-state index is 8.74. The largest absolute Gasteiger partial charge is 0.395 e. The molecule has 0 fully saturated rings. The smallest absolute Gasteiger partial charge is 0.182 e. The summed E-state index contributed by atoms with van der Waals surface area (Å²) in [7, 11) is 1.99. The van der Waals surface area contributed by atoms with E-state index >= 15 is 0 Å². The molecular weight excluding hydrogens is 198 g/mol. The molecule has 0 saturated carbocycles. The molecule has 0 amide bonds. The summed E-state index contributed by atoms with van der Waals surface area (Å²) in [6.45, 7) is 4.71. The number of aliphatic hydroxyl groups is 1. The van der Waals surface area contributed by atoms with E-state index in [4.69, 9.17) is 5.11 Å². The molecule has 0 radical (unpaired) electrons. The second-order valence-electron chi connectivity index (χ2n) is 3.12. The van der Waals surface area contributed by atoms with Gasteiger partial charge in [0.15, 0.2) is 5.13 Å². The number of nitrogens with zero attached hydrogens (tertiary/aromatic N) is 2. The van der Waals surface area contributed by atoms with Gasteiger partial charge in [-0.3, -0.25) is 4.90 Å². The zero-order chi connectivity index (χ0) is 10.4. The van der Waals surface area contributed by atoms with E-state index in [1.54, 1.807) is 11.3 Å². The zero-order valence-corrected chi connectivity index (χ0v) is 9.47. The number of thiazole rings is 1. The van der Waals surface area contributed by atoms with Gasteiger partial charge in [-0.25, -0.2) is 4.98 Å². The average Bonchev–Trinajstić information content (AvgIpc) is 2.53. The molecule has 0 aliphatic carbocycles. The van der Waals surface area contributed by atoms with Crippen LogP contribution in [0.25, 0.3) is 0 Å². The number of rotatable bonds is 6. The first-order valence-electron chi connectivity index (χ1n) is 4.74. The van der Waals surface area contributed by atoms with E-state index in [0.717, 1.165) is 18.2 Å². The second-order valence-corrected chi connectivity index (χ2v) is 4.24. The Labute approximate surface area is 88.6 Å². The summed E-state index contributed by atoms with van der Waals surface area (Å²) in [6, 6.07) is 0. The van der Waals surface area contributed by atoms with Crippen LogP contribution in [0.2, 0.25) is 0 Å². The molecule has 0 bridgehead atoms. The van der Waals surface area contributed by atoms with E-state index < -0.39 is 0 Å². The molecule has 4 nitrogen and oxygen atoms in total. The molecule has 0 aliphatic rings. The van der Waals surface area contributed by atoms with Crippen molar-refractivity contribution >= 4 is 16.5 Å². The van der Waals surface area contributed by atoms with Crippen molar-refractivity contribution in [3.05, 3.63) is 11.1 Å². The molecule has 0 aromatic carbocycles. The minimum atomic E-state index is 0.204. The summed E-state index contributed by atoms with van der Waals surface area (Å²) in [4.78, 5) is 7.53. The summed E-state index contributed by atoms with van der Waals surface area (Å²) in [5.41, 5.74) is 0. The standard InChI is InChI=1S/C9H17N3OS/c1-3-10-9-11-6-8(14-9)7-12(2)4-5-13/h6,13H,3-5,7H2,1-2H3,(H,10,11). The van der Waals surface area contributed by atoms with Crippen LogP contribution in [0.15, 0.2) is 6.20 Å². The maximum absolute atomic E-state index is 8.74. The fourth-order valence-electron chi connectivity index (χ4n) is 1.13. The molecular formula is C9H17N3OS. The van der Waals surface area contributed by atoms with E-state index in [0.29, 0.717) is 6.54 Å². The Morgan fingerprint density at radius 2 is 2.43 bits per heavy atom. The third-order valence-corrected chi connectivity index (χ3v) is 2.73. The van der Waals surface area contributed by atoms with Crippen molar-refractivity contribution in [1.29, 1.82) is 0 Å². The minimum absolute atomic E-state index is 0.204. The highest BCUT2D eigenvalue weighted by molar-refractivity contribution is 7.15. The van der Waals surface area contributed by atoms with Gasteiger partial charge in [-0.15, -0.1) is 11.3 Å². The number of anilines is 1. The van der Waals surface area contributed by atoms with Gasteiger partial charge in [0, 0.05) is 30.7 Å². The summed E-state index contributed by atoms with van der Waals surface area (Å²) in [5, 5.41) is 12.9. The molecule has 0 atom stereocenters. The van der Waals surface area contributed by atoms with E-state index in [1.165, 1.54) is 4.88 Å². The van der Waals surface area contributed by atoms with E-state index in [2.05, 4.69) is 22.1 Å². The van der Waals surface area contributed by atoms with Gasteiger partial charge >= 0.3 is 0 Å². The Balaban J connectivity index is 2.42. The van der Waals surface area contributed by atoms with Crippen LogP contribution in [0.4, 0.5) is 5.13 Å². The van der Waals surface area contributed by atoms with Gasteiger partial charge in [0.25, 0.3) is 0 Å². The van der Waals surface area contributed by atoms with Gasteiger partial charge in [0.05, 0.1) is 6.61 Å². The number of likely N-dealkylation sites (N-methyl/N-ethyl adjacent to an activating group) is 1. The highest BCUT2D eigenvalue weighted by Gasteiger charge is 2.03. The predicted molar refractivity (Wildman–Crippen MR) is 59.7 cm³/mol. The molecule has 0 spiro atoms. The first-order valence-corrected chi connectivity index (χ1v) is 5.56. The fraction of sp³-hybridized carbons (Fsp3) is 0.667. The molecule has 1 aromatic rings. The van der Waals surface area contributed by atoms with Crippen LogP contribution in [0.3, 0.4) is 0 Å². The summed E-state index contributed by atoms with van der Waals surface area (Å²) < 4.78 is 0. The van der Waals surface area contributed by atoms with Crippen molar-refractivity contribution < 1.29 is 5.11 Å². The number of aromatic nitrogens is 1. The predicted octanol–water partition coefficient (Wildman–Crippen LogP) is 0.999.